The van der Waals surface area contributed by atoms with Gasteiger partial charge < -0.3 is 10.3 Å². The molecular formula is C13H11N3O. The van der Waals surface area contributed by atoms with Crippen molar-refractivity contribution in [2.75, 3.05) is 5.73 Å². The molecule has 2 N–H and O–H groups in total. The topological polar surface area (TPSA) is 64.9 Å². The Bertz CT molecular complexity index is 688. The molecular weight excluding hydrogens is 214 g/mol. The second kappa shape index (κ2) is 3.59. The lowest BCUT2D eigenvalue weighted by Gasteiger charge is -2.02. The monoisotopic (exact) mass is 225 g/mol. The highest BCUT2D eigenvalue weighted by Crippen LogP contribution is 2.25. The third-order valence-corrected chi connectivity index (χ3v) is 2.79. The van der Waals surface area contributed by atoms with Crippen molar-refractivity contribution < 1.29 is 4.52 Å². The number of nitrogens with two attached hydrogens (primary N) is 1. The van der Waals surface area contributed by atoms with E-state index in [9.17, 15) is 0 Å². The Morgan fingerprint density at radius 2 is 2.06 bits per heavy atom. The summed E-state index contributed by atoms with van der Waals surface area (Å²) in [5, 5.41) is 6.18. The fraction of sp³-hybridized carbons (Fsp3) is 0.0769. The van der Waals surface area contributed by atoms with Gasteiger partial charge in [-0.2, -0.15) is 0 Å². The van der Waals surface area contributed by atoms with Crippen LogP contribution in [-0.2, 0) is 0 Å². The van der Waals surface area contributed by atoms with Gasteiger partial charge in [0.2, 0.25) is 5.88 Å². The van der Waals surface area contributed by atoms with E-state index in [1.807, 2.05) is 25.1 Å². The predicted octanol–water partition coefficient (Wildman–Crippen LogP) is 2.78. The van der Waals surface area contributed by atoms with E-state index in [2.05, 4.69) is 16.2 Å². The van der Waals surface area contributed by atoms with E-state index in [0.717, 1.165) is 27.7 Å². The molecule has 1 aromatic carbocycles. The van der Waals surface area contributed by atoms with Gasteiger partial charge in [0, 0.05) is 28.9 Å². The van der Waals surface area contributed by atoms with Crippen LogP contribution < -0.4 is 5.73 Å². The minimum Gasteiger partial charge on any atom is -0.368 e. The average molecular weight is 225 g/mol. The fourth-order valence-corrected chi connectivity index (χ4v) is 1.91. The zero-order valence-electron chi connectivity index (χ0n) is 9.34. The molecule has 2 heterocycles. The maximum absolute atomic E-state index is 5.51. The van der Waals surface area contributed by atoms with Gasteiger partial charge in [0.05, 0.1) is 0 Å². The summed E-state index contributed by atoms with van der Waals surface area (Å²) in [4.78, 5) is 4.26. The van der Waals surface area contributed by atoms with Crippen molar-refractivity contribution in [3.8, 4) is 11.3 Å². The highest BCUT2D eigenvalue weighted by Gasteiger charge is 2.06. The van der Waals surface area contributed by atoms with Crippen LogP contribution in [0.1, 0.15) is 5.69 Å². The van der Waals surface area contributed by atoms with Crippen molar-refractivity contribution >= 4 is 16.7 Å². The molecule has 84 valence electrons. The van der Waals surface area contributed by atoms with Crippen LogP contribution in [-0.4, -0.2) is 10.1 Å². The van der Waals surface area contributed by atoms with Crippen LogP contribution in [0.5, 0.6) is 0 Å². The van der Waals surface area contributed by atoms with E-state index >= 15 is 0 Å². The molecule has 0 bridgehead atoms. The molecule has 0 unspecified atom stereocenters. The zero-order chi connectivity index (χ0) is 11.8. The first kappa shape index (κ1) is 9.84. The average Bonchev–Trinajstić information content (AvgIpc) is 2.76. The molecule has 0 atom stereocenters. The van der Waals surface area contributed by atoms with E-state index in [-0.39, 0.29) is 0 Å². The summed E-state index contributed by atoms with van der Waals surface area (Å²) in [7, 11) is 0. The zero-order valence-corrected chi connectivity index (χ0v) is 9.34. The molecule has 0 spiro atoms. The number of hydrogen-bond acceptors (Lipinski definition) is 4. The second-order valence-corrected chi connectivity index (χ2v) is 3.95. The second-order valence-electron chi connectivity index (χ2n) is 3.95. The van der Waals surface area contributed by atoms with Gasteiger partial charge in [0.25, 0.3) is 0 Å². The van der Waals surface area contributed by atoms with Gasteiger partial charge >= 0.3 is 0 Å². The Labute approximate surface area is 98.1 Å². The van der Waals surface area contributed by atoms with Crippen LogP contribution in [0, 0.1) is 6.92 Å². The number of rotatable bonds is 1. The number of pyridine rings is 1. The summed E-state index contributed by atoms with van der Waals surface area (Å²) in [5.41, 5.74) is 8.27. The first-order valence-electron chi connectivity index (χ1n) is 5.32. The minimum absolute atomic E-state index is 0.325. The van der Waals surface area contributed by atoms with Crippen LogP contribution in [0.15, 0.2) is 41.1 Å². The standard InChI is InChI=1S/C13H11N3O/c1-8-11-3-2-10(6-9(11)4-5-15-8)12-7-13(14)17-16-12/h2-7H,14H2,1H3. The molecule has 2 aromatic heterocycles. The van der Waals surface area contributed by atoms with Crippen LogP contribution in [0.3, 0.4) is 0 Å². The lowest BCUT2D eigenvalue weighted by Crippen LogP contribution is -1.84. The van der Waals surface area contributed by atoms with Crippen LogP contribution in [0.2, 0.25) is 0 Å². The minimum atomic E-state index is 0.325. The first-order chi connectivity index (χ1) is 8.24. The van der Waals surface area contributed by atoms with Gasteiger partial charge in [-0.3, -0.25) is 4.98 Å². The van der Waals surface area contributed by atoms with Crippen molar-refractivity contribution in [1.29, 1.82) is 0 Å². The number of nitrogens with zero attached hydrogens (tertiary/aromatic N) is 2. The summed E-state index contributed by atoms with van der Waals surface area (Å²) >= 11 is 0. The van der Waals surface area contributed by atoms with Crippen LogP contribution >= 0.6 is 0 Å². The summed E-state index contributed by atoms with van der Waals surface area (Å²) in [6.07, 6.45) is 1.80. The van der Waals surface area contributed by atoms with E-state index in [4.69, 9.17) is 10.3 Å². The van der Waals surface area contributed by atoms with Crippen molar-refractivity contribution in [2.24, 2.45) is 0 Å². The van der Waals surface area contributed by atoms with Crippen molar-refractivity contribution in [3.63, 3.8) is 0 Å². The lowest BCUT2D eigenvalue weighted by molar-refractivity contribution is 0.439. The molecule has 0 fully saturated rings. The Morgan fingerprint density at radius 1 is 1.18 bits per heavy atom. The largest absolute Gasteiger partial charge is 0.368 e. The van der Waals surface area contributed by atoms with Crippen LogP contribution in [0.25, 0.3) is 22.0 Å². The molecule has 0 saturated heterocycles. The van der Waals surface area contributed by atoms with Crippen molar-refractivity contribution in [1.82, 2.24) is 10.1 Å². The third-order valence-electron chi connectivity index (χ3n) is 2.79. The van der Waals surface area contributed by atoms with Crippen molar-refractivity contribution in [2.45, 2.75) is 6.92 Å². The maximum Gasteiger partial charge on any atom is 0.222 e. The molecule has 0 saturated carbocycles. The summed E-state index contributed by atoms with van der Waals surface area (Å²) in [5.74, 6) is 0.325. The number of aromatic nitrogens is 2. The van der Waals surface area contributed by atoms with Crippen LogP contribution in [0.4, 0.5) is 5.88 Å². The highest BCUT2D eigenvalue weighted by molar-refractivity contribution is 5.88. The predicted molar refractivity (Wildman–Crippen MR) is 66.4 cm³/mol. The molecule has 0 aliphatic carbocycles. The fourth-order valence-electron chi connectivity index (χ4n) is 1.91. The van der Waals surface area contributed by atoms with E-state index in [1.54, 1.807) is 12.3 Å². The Balaban J connectivity index is 2.20. The van der Waals surface area contributed by atoms with Gasteiger partial charge in [-0.1, -0.05) is 17.3 Å². The maximum atomic E-state index is 5.51. The van der Waals surface area contributed by atoms with Gasteiger partial charge in [0.15, 0.2) is 0 Å². The SMILES string of the molecule is Cc1nccc2cc(-c3cc(N)on3)ccc12. The smallest absolute Gasteiger partial charge is 0.222 e. The molecule has 0 aliphatic rings. The Hall–Kier alpha value is -2.36. The number of hydrogen-bond donors (Lipinski definition) is 1. The Morgan fingerprint density at radius 3 is 2.82 bits per heavy atom. The summed E-state index contributed by atoms with van der Waals surface area (Å²) in [6.45, 7) is 2.00. The molecule has 4 nitrogen and oxygen atoms in total. The van der Waals surface area contributed by atoms with E-state index in [1.165, 1.54) is 0 Å². The third kappa shape index (κ3) is 1.63. The molecule has 17 heavy (non-hydrogen) atoms. The molecule has 4 heteroatoms. The summed E-state index contributed by atoms with van der Waals surface area (Å²) in [6, 6.07) is 9.79. The molecule has 0 amide bonds. The van der Waals surface area contributed by atoms with E-state index in [0.29, 0.717) is 5.88 Å². The molecule has 3 rings (SSSR count). The molecule has 0 aliphatic heterocycles. The van der Waals surface area contributed by atoms with E-state index < -0.39 is 0 Å². The van der Waals surface area contributed by atoms with Gasteiger partial charge in [-0.05, 0) is 24.4 Å². The number of anilines is 1. The normalized spacial score (nSPS) is 10.9. The van der Waals surface area contributed by atoms with Gasteiger partial charge in [-0.25, -0.2) is 0 Å². The molecule has 0 radical (unpaired) electrons. The van der Waals surface area contributed by atoms with Gasteiger partial charge in [0.1, 0.15) is 5.69 Å². The Kier molecular flexibility index (Phi) is 2.08. The quantitative estimate of drug-likeness (QED) is 0.691. The number of aryl methyl sites for hydroxylation is 1. The molecule has 3 aromatic rings. The number of nitrogen functional groups attached to an aromatic ring is 1. The van der Waals surface area contributed by atoms with Gasteiger partial charge in [-0.15, -0.1) is 0 Å². The highest BCUT2D eigenvalue weighted by atomic mass is 16.5. The first-order valence-corrected chi connectivity index (χ1v) is 5.32. The summed E-state index contributed by atoms with van der Waals surface area (Å²) < 4.78 is 4.87. The van der Waals surface area contributed by atoms with Crippen molar-refractivity contribution in [3.05, 3.63) is 42.2 Å². The lowest BCUT2D eigenvalue weighted by atomic mass is 10.1. The number of fused-ring (bicyclic) bond motifs is 1. The number of benzene rings is 1.